The molecule has 2 aromatic heterocycles. The Hall–Kier alpha value is -3.62. The Kier molecular flexibility index (Phi) is 4.79. The van der Waals surface area contributed by atoms with Crippen LogP contribution in [-0.2, 0) is 0 Å². The van der Waals surface area contributed by atoms with Gasteiger partial charge in [0.1, 0.15) is 17.8 Å². The fourth-order valence-corrected chi connectivity index (χ4v) is 3.70. The van der Waals surface area contributed by atoms with E-state index in [1.807, 2.05) is 20.0 Å². The lowest BCUT2D eigenvalue weighted by Crippen LogP contribution is -2.55. The number of nitrogens with one attached hydrogen (secondary N) is 2. The Balaban J connectivity index is 1.45. The Bertz CT molecular complexity index is 1060. The van der Waals surface area contributed by atoms with E-state index in [0.717, 1.165) is 22.4 Å². The van der Waals surface area contributed by atoms with E-state index in [4.69, 9.17) is 5.73 Å². The summed E-state index contributed by atoms with van der Waals surface area (Å²) in [5.74, 6) is 0.395. The van der Waals surface area contributed by atoms with Crippen molar-refractivity contribution in [3.8, 4) is 0 Å². The van der Waals surface area contributed by atoms with Gasteiger partial charge in [-0.25, -0.2) is 14.8 Å². The summed E-state index contributed by atoms with van der Waals surface area (Å²) in [5.41, 5.74) is 8.19. The van der Waals surface area contributed by atoms with Crippen molar-refractivity contribution in [3.63, 3.8) is 0 Å². The predicted molar refractivity (Wildman–Crippen MR) is 111 cm³/mol. The molecule has 0 unspecified atom stereocenters. The van der Waals surface area contributed by atoms with Crippen LogP contribution in [0.4, 0.5) is 16.3 Å². The summed E-state index contributed by atoms with van der Waals surface area (Å²) in [6, 6.07) is 6.36. The number of H-pyrrole nitrogens is 1. The number of nitrogens with two attached hydrogens (primary N) is 1. The van der Waals surface area contributed by atoms with Crippen LogP contribution in [0.5, 0.6) is 0 Å². The average molecular weight is 393 g/mol. The monoisotopic (exact) mass is 393 g/mol. The van der Waals surface area contributed by atoms with Crippen molar-refractivity contribution >= 4 is 34.5 Å². The van der Waals surface area contributed by atoms with Gasteiger partial charge in [0.05, 0.1) is 5.39 Å². The second-order valence-electron chi connectivity index (χ2n) is 7.25. The second kappa shape index (κ2) is 7.42. The maximum atomic E-state index is 12.7. The first kappa shape index (κ1) is 18.7. The van der Waals surface area contributed by atoms with Crippen molar-refractivity contribution in [2.75, 3.05) is 29.9 Å². The van der Waals surface area contributed by atoms with Gasteiger partial charge in [-0.1, -0.05) is 0 Å². The Morgan fingerprint density at radius 3 is 2.66 bits per heavy atom. The highest BCUT2D eigenvalue weighted by Gasteiger charge is 2.29. The molecule has 1 atom stereocenters. The van der Waals surface area contributed by atoms with Crippen LogP contribution in [0.3, 0.4) is 0 Å². The van der Waals surface area contributed by atoms with Crippen molar-refractivity contribution in [1.29, 1.82) is 0 Å². The van der Waals surface area contributed by atoms with E-state index >= 15 is 0 Å². The minimum absolute atomic E-state index is 0.00194. The third-order valence-electron chi connectivity index (χ3n) is 5.26. The molecule has 1 aromatic carbocycles. The number of anilines is 2. The quantitative estimate of drug-likeness (QED) is 0.629. The van der Waals surface area contributed by atoms with E-state index in [2.05, 4.69) is 25.2 Å². The lowest BCUT2D eigenvalue weighted by molar-refractivity contribution is 0.100. The Morgan fingerprint density at radius 1 is 1.21 bits per heavy atom. The summed E-state index contributed by atoms with van der Waals surface area (Å²) < 4.78 is 0. The third kappa shape index (κ3) is 3.58. The molecule has 0 aliphatic carbocycles. The summed E-state index contributed by atoms with van der Waals surface area (Å²) in [5, 5.41) is 3.90. The van der Waals surface area contributed by atoms with Gasteiger partial charge in [0, 0.05) is 43.1 Å². The van der Waals surface area contributed by atoms with Crippen LogP contribution in [0.1, 0.15) is 22.8 Å². The van der Waals surface area contributed by atoms with E-state index in [1.54, 1.807) is 35.5 Å². The smallest absolute Gasteiger partial charge is 0.322 e. The van der Waals surface area contributed by atoms with E-state index in [9.17, 15) is 9.59 Å². The molecule has 3 heterocycles. The van der Waals surface area contributed by atoms with Crippen LogP contribution in [0.2, 0.25) is 0 Å². The number of primary amides is 1. The number of aromatic nitrogens is 3. The van der Waals surface area contributed by atoms with Gasteiger partial charge >= 0.3 is 6.03 Å². The predicted octanol–water partition coefficient (Wildman–Crippen LogP) is 2.11. The molecule has 150 valence electrons. The van der Waals surface area contributed by atoms with Crippen molar-refractivity contribution in [2.24, 2.45) is 5.73 Å². The highest BCUT2D eigenvalue weighted by molar-refractivity contribution is 5.94. The lowest BCUT2D eigenvalue weighted by Gasteiger charge is -2.40. The maximum Gasteiger partial charge on any atom is 0.322 e. The number of nitrogens with zero attached hydrogens (tertiary/aromatic N) is 4. The molecule has 0 radical (unpaired) electrons. The second-order valence-corrected chi connectivity index (χ2v) is 7.25. The largest absolute Gasteiger partial charge is 0.366 e. The normalized spacial score (nSPS) is 16.8. The molecule has 1 fully saturated rings. The third-order valence-corrected chi connectivity index (χ3v) is 5.26. The molecule has 0 saturated carbocycles. The molecule has 1 aliphatic heterocycles. The Labute approximate surface area is 167 Å². The molecule has 4 N–H and O–H groups in total. The highest BCUT2D eigenvalue weighted by Crippen LogP contribution is 2.27. The zero-order chi connectivity index (χ0) is 20.5. The number of carbonyl (C=O) groups excluding carboxylic acids is 2. The van der Waals surface area contributed by atoms with Crippen molar-refractivity contribution < 1.29 is 9.59 Å². The molecule has 0 spiro atoms. The van der Waals surface area contributed by atoms with Gasteiger partial charge in [0.15, 0.2) is 0 Å². The zero-order valence-electron chi connectivity index (χ0n) is 16.3. The van der Waals surface area contributed by atoms with Crippen molar-refractivity contribution in [2.45, 2.75) is 19.9 Å². The first-order valence-corrected chi connectivity index (χ1v) is 9.45. The lowest BCUT2D eigenvalue weighted by atomic mass is 10.1. The van der Waals surface area contributed by atoms with Gasteiger partial charge in [-0.15, -0.1) is 0 Å². The molecule has 9 heteroatoms. The minimum atomic E-state index is -0.496. The fraction of sp³-hybridized carbons (Fsp3) is 0.300. The molecular weight excluding hydrogens is 370 g/mol. The molecule has 3 amide bonds. The van der Waals surface area contributed by atoms with Gasteiger partial charge in [-0.2, -0.15) is 0 Å². The van der Waals surface area contributed by atoms with Gasteiger partial charge in [-0.3, -0.25) is 4.79 Å². The number of benzene rings is 1. The molecule has 9 nitrogen and oxygen atoms in total. The molecule has 3 aromatic rings. The first-order chi connectivity index (χ1) is 13.9. The minimum Gasteiger partial charge on any atom is -0.366 e. The van der Waals surface area contributed by atoms with Crippen LogP contribution >= 0.6 is 0 Å². The number of hydrogen-bond donors (Lipinski definition) is 3. The van der Waals surface area contributed by atoms with Crippen LogP contribution in [0.15, 0.2) is 36.8 Å². The molecule has 1 aliphatic rings. The number of aromatic amines is 1. The van der Waals surface area contributed by atoms with Gasteiger partial charge in [0.2, 0.25) is 5.91 Å². The molecular formula is C20H23N7O2. The van der Waals surface area contributed by atoms with E-state index in [0.29, 0.717) is 30.9 Å². The molecule has 4 rings (SSSR count). The maximum absolute atomic E-state index is 12.7. The fourth-order valence-electron chi connectivity index (χ4n) is 3.70. The van der Waals surface area contributed by atoms with Crippen LogP contribution < -0.4 is 16.0 Å². The van der Waals surface area contributed by atoms with E-state index < -0.39 is 5.91 Å². The standard InChI is InChI=1S/C20H23N7O2/c1-12-9-22-18-16(12)19(24-11-23-18)26-7-8-27(13(2)10-26)20(29)25-15-5-3-14(4-6-15)17(21)28/h3-6,9,11,13H,7-8,10H2,1-2H3,(H2,21,28)(H,25,29)(H,22,23,24)/t13-/m0/s1. The summed E-state index contributed by atoms with van der Waals surface area (Å²) in [7, 11) is 0. The average Bonchev–Trinajstić information content (AvgIpc) is 3.09. The summed E-state index contributed by atoms with van der Waals surface area (Å²) >= 11 is 0. The molecule has 0 bridgehead atoms. The molecule has 1 saturated heterocycles. The van der Waals surface area contributed by atoms with Gasteiger partial charge in [-0.05, 0) is 43.7 Å². The summed E-state index contributed by atoms with van der Waals surface area (Å²) in [4.78, 5) is 39.9. The van der Waals surface area contributed by atoms with Gasteiger partial charge in [0.25, 0.3) is 0 Å². The number of carbonyl (C=O) groups is 2. The van der Waals surface area contributed by atoms with Crippen molar-refractivity contribution in [1.82, 2.24) is 19.9 Å². The topological polar surface area (TPSA) is 120 Å². The molecule has 29 heavy (non-hydrogen) atoms. The highest BCUT2D eigenvalue weighted by atomic mass is 16.2. The van der Waals surface area contributed by atoms with Crippen molar-refractivity contribution in [3.05, 3.63) is 47.9 Å². The number of urea groups is 1. The van der Waals surface area contributed by atoms with Crippen LogP contribution in [0.25, 0.3) is 11.0 Å². The number of aryl methyl sites for hydroxylation is 1. The Morgan fingerprint density at radius 2 is 1.97 bits per heavy atom. The number of piperazine rings is 1. The van der Waals surface area contributed by atoms with Crippen LogP contribution in [0, 0.1) is 6.92 Å². The first-order valence-electron chi connectivity index (χ1n) is 9.45. The van der Waals surface area contributed by atoms with Crippen LogP contribution in [-0.4, -0.2) is 57.5 Å². The summed E-state index contributed by atoms with van der Waals surface area (Å²) in [6.07, 6.45) is 3.49. The number of hydrogen-bond acceptors (Lipinski definition) is 5. The number of fused-ring (bicyclic) bond motifs is 1. The van der Waals surface area contributed by atoms with Gasteiger partial charge < -0.3 is 25.8 Å². The SMILES string of the molecule is Cc1c[nH]c2ncnc(N3CCN(C(=O)Nc4ccc(C(N)=O)cc4)[C@@H](C)C3)c12. The zero-order valence-corrected chi connectivity index (χ0v) is 16.3. The summed E-state index contributed by atoms with van der Waals surface area (Å²) in [6.45, 7) is 5.97. The van der Waals surface area contributed by atoms with E-state index in [-0.39, 0.29) is 12.1 Å². The van der Waals surface area contributed by atoms with E-state index in [1.165, 1.54) is 0 Å². The number of amides is 3. The number of rotatable bonds is 3.